The van der Waals surface area contributed by atoms with Crippen LogP contribution in [0.4, 0.5) is 0 Å². The molecule has 0 radical (unpaired) electrons. The summed E-state index contributed by atoms with van der Waals surface area (Å²) in [6.45, 7) is 0. The summed E-state index contributed by atoms with van der Waals surface area (Å²) in [5.74, 6) is 2.08. The second-order valence-electron chi connectivity index (χ2n) is 13.2. The molecule has 0 unspecified atom stereocenters. The van der Waals surface area contributed by atoms with Crippen LogP contribution in [0.2, 0.25) is 0 Å². The summed E-state index contributed by atoms with van der Waals surface area (Å²) in [7, 11) is 0. The Hall–Kier alpha value is -5.87. The number of aryl methyl sites for hydroxylation is 1. The minimum Gasteiger partial charge on any atom is -0.456 e. The van der Waals surface area contributed by atoms with Crippen LogP contribution in [0.15, 0.2) is 120 Å². The van der Waals surface area contributed by atoms with Crippen molar-refractivity contribution in [3.05, 3.63) is 143 Å². The molecule has 2 heterocycles. The Balaban J connectivity index is 1.25. The summed E-state index contributed by atoms with van der Waals surface area (Å²) in [5.41, 5.74) is 12.3. The van der Waals surface area contributed by atoms with Crippen molar-refractivity contribution in [2.24, 2.45) is 0 Å². The zero-order valence-corrected chi connectivity index (χ0v) is 27.1. The van der Waals surface area contributed by atoms with Gasteiger partial charge < -0.3 is 4.42 Å². The van der Waals surface area contributed by atoms with Crippen LogP contribution in [0, 0.1) is 0 Å². The molecule has 3 aliphatic carbocycles. The van der Waals surface area contributed by atoms with Crippen molar-refractivity contribution in [3.8, 4) is 34.2 Å². The molecule has 4 heteroatoms. The number of fused-ring (bicyclic) bond motifs is 7. The van der Waals surface area contributed by atoms with Crippen molar-refractivity contribution >= 4 is 50.4 Å². The molecule has 0 N–H and O–H groups in total. The fourth-order valence-corrected chi connectivity index (χ4v) is 7.90. The fraction of sp³-hybridized carbons (Fsp3) is 0.133. The summed E-state index contributed by atoms with van der Waals surface area (Å²) in [6.07, 6.45) is 21.8. The van der Waals surface area contributed by atoms with Crippen molar-refractivity contribution in [1.29, 1.82) is 0 Å². The van der Waals surface area contributed by atoms with Crippen LogP contribution in [0.25, 0.3) is 84.6 Å². The molecule has 3 aliphatic rings. The number of allylic oxidation sites excluding steroid dienone is 6. The lowest BCUT2D eigenvalue weighted by Gasteiger charge is -2.18. The molecule has 0 aliphatic heterocycles. The Morgan fingerprint density at radius 1 is 0.531 bits per heavy atom. The Bertz CT molecular complexity index is 2610. The van der Waals surface area contributed by atoms with Gasteiger partial charge in [0.1, 0.15) is 11.2 Å². The fourth-order valence-electron chi connectivity index (χ4n) is 7.90. The van der Waals surface area contributed by atoms with Crippen LogP contribution >= 0.6 is 0 Å². The van der Waals surface area contributed by atoms with Crippen molar-refractivity contribution in [3.63, 3.8) is 0 Å². The monoisotopic (exact) mass is 631 g/mol. The van der Waals surface area contributed by atoms with Crippen molar-refractivity contribution in [2.75, 3.05) is 0 Å². The van der Waals surface area contributed by atoms with E-state index < -0.39 is 0 Å². The largest absolute Gasteiger partial charge is 0.456 e. The van der Waals surface area contributed by atoms with Gasteiger partial charge in [0.05, 0.1) is 0 Å². The van der Waals surface area contributed by atoms with Crippen LogP contribution in [-0.2, 0) is 12.8 Å². The van der Waals surface area contributed by atoms with E-state index in [4.69, 9.17) is 19.4 Å². The number of hydrogen-bond acceptors (Lipinski definition) is 4. The van der Waals surface area contributed by atoms with E-state index in [0.717, 1.165) is 93.5 Å². The average Bonchev–Trinajstić information content (AvgIpc) is 3.55. The van der Waals surface area contributed by atoms with Crippen molar-refractivity contribution < 1.29 is 4.42 Å². The third kappa shape index (κ3) is 4.70. The molecule has 0 fully saturated rings. The summed E-state index contributed by atoms with van der Waals surface area (Å²) in [5, 5.41) is 4.52. The van der Waals surface area contributed by atoms with Gasteiger partial charge in [-0.25, -0.2) is 15.0 Å². The maximum atomic E-state index is 6.65. The molecule has 0 atom stereocenters. The smallest absolute Gasteiger partial charge is 0.164 e. The minimum absolute atomic E-state index is 0.685. The zero-order valence-electron chi connectivity index (χ0n) is 27.1. The lowest BCUT2D eigenvalue weighted by Crippen LogP contribution is -2.06. The molecule has 0 spiro atoms. The van der Waals surface area contributed by atoms with Gasteiger partial charge in [0.25, 0.3) is 0 Å². The highest BCUT2D eigenvalue weighted by Crippen LogP contribution is 2.42. The van der Waals surface area contributed by atoms with Gasteiger partial charge >= 0.3 is 0 Å². The Morgan fingerprint density at radius 3 is 2.18 bits per heavy atom. The average molecular weight is 632 g/mol. The second kappa shape index (κ2) is 11.4. The van der Waals surface area contributed by atoms with Gasteiger partial charge in [-0.05, 0) is 95.3 Å². The van der Waals surface area contributed by atoms with Crippen molar-refractivity contribution in [1.82, 2.24) is 15.0 Å². The predicted octanol–water partition coefficient (Wildman–Crippen LogP) is 11.6. The summed E-state index contributed by atoms with van der Waals surface area (Å²) < 4.78 is 6.65. The van der Waals surface area contributed by atoms with Gasteiger partial charge in [0.2, 0.25) is 0 Å². The van der Waals surface area contributed by atoms with E-state index in [-0.39, 0.29) is 0 Å². The van der Waals surface area contributed by atoms with E-state index in [2.05, 4.69) is 127 Å². The van der Waals surface area contributed by atoms with Gasteiger partial charge in [-0.2, -0.15) is 0 Å². The van der Waals surface area contributed by atoms with Crippen molar-refractivity contribution in [2.45, 2.75) is 38.5 Å². The number of rotatable bonds is 4. The van der Waals surface area contributed by atoms with Gasteiger partial charge in [0, 0.05) is 33.0 Å². The molecule has 10 rings (SSSR count). The third-order valence-corrected chi connectivity index (χ3v) is 10.3. The Labute approximate surface area is 284 Å². The normalized spacial score (nSPS) is 15.1. The number of hydrogen-bond donors (Lipinski definition) is 0. The first-order chi connectivity index (χ1) is 24.3. The molecule has 234 valence electrons. The van der Waals surface area contributed by atoms with E-state index in [1.807, 2.05) is 0 Å². The lowest BCUT2D eigenvalue weighted by molar-refractivity contribution is 0.661. The van der Waals surface area contributed by atoms with Crippen LogP contribution in [0.5, 0.6) is 0 Å². The highest BCUT2D eigenvalue weighted by Gasteiger charge is 2.24. The first kappa shape index (κ1) is 28.2. The number of furan rings is 1. The minimum atomic E-state index is 0.685. The molecule has 2 aromatic heterocycles. The van der Waals surface area contributed by atoms with Crippen LogP contribution in [0.3, 0.4) is 0 Å². The molecule has 0 bridgehead atoms. The third-order valence-electron chi connectivity index (χ3n) is 10.3. The zero-order chi connectivity index (χ0) is 32.3. The van der Waals surface area contributed by atoms with Gasteiger partial charge in [-0.15, -0.1) is 0 Å². The second-order valence-corrected chi connectivity index (χ2v) is 13.2. The van der Waals surface area contributed by atoms with E-state index in [9.17, 15) is 0 Å². The standard InChI is InChI=1S/C45H33N3O/c1-2-12-28(13-3-1)31-24-25-41-38(26-31)39-27-40(34-20-8-9-21-35(34)42(39)49-41)45-47-43(36-22-10-16-29-14-4-6-18-32(29)36)46-44(48-45)37-23-11-17-30-15-5-7-19-33(30)37/h2,4-6,8,10-18,20,22-27H,1,3,7,9,19,21H2. The first-order valence-electron chi connectivity index (χ1n) is 17.4. The quantitative estimate of drug-likeness (QED) is 0.194. The maximum Gasteiger partial charge on any atom is 0.164 e. The molecular weight excluding hydrogens is 599 g/mol. The molecular formula is C45H33N3O. The predicted molar refractivity (Wildman–Crippen MR) is 202 cm³/mol. The van der Waals surface area contributed by atoms with E-state index in [1.165, 1.54) is 27.8 Å². The molecule has 49 heavy (non-hydrogen) atoms. The molecule has 4 nitrogen and oxygen atoms in total. The summed E-state index contributed by atoms with van der Waals surface area (Å²) in [6, 6.07) is 30.2. The molecule has 0 saturated heterocycles. The molecule has 0 saturated carbocycles. The first-order valence-corrected chi connectivity index (χ1v) is 17.4. The molecule has 7 aromatic rings. The summed E-state index contributed by atoms with van der Waals surface area (Å²) >= 11 is 0. The van der Waals surface area contributed by atoms with Crippen LogP contribution in [-0.4, -0.2) is 15.0 Å². The van der Waals surface area contributed by atoms with Gasteiger partial charge in [-0.3, -0.25) is 0 Å². The van der Waals surface area contributed by atoms with Gasteiger partial charge in [0.15, 0.2) is 17.5 Å². The van der Waals surface area contributed by atoms with Crippen LogP contribution in [0.1, 0.15) is 53.5 Å². The highest BCUT2D eigenvalue weighted by molar-refractivity contribution is 6.10. The SMILES string of the molecule is C1=CC(c2ccc3oc4c5c(c(-c6nc(-c7cccc8c7CCC=C8)nc(-c7cccc8ccccc78)n6)cc4c3c2)C=CCC5)=CCC1. The Morgan fingerprint density at radius 2 is 1.29 bits per heavy atom. The maximum absolute atomic E-state index is 6.65. The van der Waals surface area contributed by atoms with Gasteiger partial charge in [-0.1, -0.05) is 109 Å². The number of nitrogens with zero attached hydrogens (tertiary/aromatic N) is 3. The Kier molecular flexibility index (Phi) is 6.54. The molecule has 0 amide bonds. The summed E-state index contributed by atoms with van der Waals surface area (Å²) in [4.78, 5) is 15.9. The van der Waals surface area contributed by atoms with E-state index in [0.29, 0.717) is 17.5 Å². The molecule has 5 aromatic carbocycles. The number of aromatic nitrogens is 3. The van der Waals surface area contributed by atoms with E-state index >= 15 is 0 Å². The lowest BCUT2D eigenvalue weighted by atomic mass is 9.89. The van der Waals surface area contributed by atoms with Crippen LogP contribution < -0.4 is 0 Å². The topological polar surface area (TPSA) is 51.8 Å². The highest BCUT2D eigenvalue weighted by atomic mass is 16.3. The van der Waals surface area contributed by atoms with E-state index in [1.54, 1.807) is 0 Å². The number of benzene rings is 5.